The molecule has 0 saturated heterocycles. The summed E-state index contributed by atoms with van der Waals surface area (Å²) in [4.78, 5) is 11.3. The van der Waals surface area contributed by atoms with E-state index in [0.717, 1.165) is 5.69 Å². The Bertz CT molecular complexity index is 317. The smallest absolute Gasteiger partial charge is 0.133 e. The van der Waals surface area contributed by atoms with Gasteiger partial charge in [-0.3, -0.25) is 9.48 Å². The van der Waals surface area contributed by atoms with Crippen molar-refractivity contribution in [2.24, 2.45) is 18.9 Å². The van der Waals surface area contributed by atoms with E-state index in [-0.39, 0.29) is 11.7 Å². The minimum Gasteiger partial charge on any atom is -0.300 e. The number of aryl methyl sites for hydroxylation is 1. The fourth-order valence-electron chi connectivity index (χ4n) is 1.56. The summed E-state index contributed by atoms with van der Waals surface area (Å²) in [7, 11) is 1.83. The topological polar surface area (TPSA) is 47.8 Å². The zero-order valence-electron chi connectivity index (χ0n) is 9.19. The second-order valence-electron chi connectivity index (χ2n) is 4.05. The molecule has 1 aromatic heterocycles. The molecule has 1 atom stereocenters. The molecule has 14 heavy (non-hydrogen) atoms. The van der Waals surface area contributed by atoms with E-state index >= 15 is 0 Å². The van der Waals surface area contributed by atoms with Gasteiger partial charge in [-0.15, -0.1) is 5.10 Å². The van der Waals surface area contributed by atoms with E-state index in [2.05, 4.69) is 24.2 Å². The predicted molar refractivity (Wildman–Crippen MR) is 53.7 cm³/mol. The lowest BCUT2D eigenvalue weighted by atomic mass is 9.88. The summed E-state index contributed by atoms with van der Waals surface area (Å²) in [5, 5.41) is 7.82. The summed E-state index contributed by atoms with van der Waals surface area (Å²) in [6.07, 6.45) is 2.55. The summed E-state index contributed by atoms with van der Waals surface area (Å²) >= 11 is 0. The molecule has 0 amide bonds. The van der Waals surface area contributed by atoms with Crippen molar-refractivity contribution in [1.82, 2.24) is 15.0 Å². The van der Waals surface area contributed by atoms with Gasteiger partial charge in [0, 0.05) is 25.6 Å². The average Bonchev–Trinajstić information content (AvgIpc) is 2.46. The standard InChI is InChI=1S/C10H17N3O/c1-7(2)10(8(3)14)5-9-6-13(4)12-11-9/h6-7,10H,5H2,1-4H3. The number of carbonyl (C=O) groups excluding carboxylic acids is 1. The maximum absolute atomic E-state index is 11.3. The molecule has 0 aromatic carbocycles. The summed E-state index contributed by atoms with van der Waals surface area (Å²) in [6.45, 7) is 5.76. The minimum atomic E-state index is 0.0618. The molecule has 0 saturated carbocycles. The maximum atomic E-state index is 11.3. The SMILES string of the molecule is CC(=O)C(Cc1cn(C)nn1)C(C)C. The van der Waals surface area contributed by atoms with E-state index < -0.39 is 0 Å². The summed E-state index contributed by atoms with van der Waals surface area (Å²) in [5.74, 6) is 0.645. The molecule has 1 heterocycles. The van der Waals surface area contributed by atoms with Gasteiger partial charge in [-0.2, -0.15) is 0 Å². The Kier molecular flexibility index (Phi) is 3.38. The highest BCUT2D eigenvalue weighted by Gasteiger charge is 2.19. The monoisotopic (exact) mass is 195 g/mol. The molecular weight excluding hydrogens is 178 g/mol. The fraction of sp³-hybridized carbons (Fsp3) is 0.700. The van der Waals surface area contributed by atoms with Crippen molar-refractivity contribution >= 4 is 5.78 Å². The van der Waals surface area contributed by atoms with E-state index in [0.29, 0.717) is 12.3 Å². The number of carbonyl (C=O) groups is 1. The molecule has 0 aliphatic carbocycles. The van der Waals surface area contributed by atoms with Gasteiger partial charge in [0.2, 0.25) is 0 Å². The van der Waals surface area contributed by atoms with Crippen molar-refractivity contribution in [3.05, 3.63) is 11.9 Å². The Morgan fingerprint density at radius 1 is 1.57 bits per heavy atom. The van der Waals surface area contributed by atoms with Gasteiger partial charge >= 0.3 is 0 Å². The van der Waals surface area contributed by atoms with Crippen LogP contribution in [0.2, 0.25) is 0 Å². The van der Waals surface area contributed by atoms with Gasteiger partial charge in [0.05, 0.1) is 5.69 Å². The van der Waals surface area contributed by atoms with Crippen LogP contribution in [-0.2, 0) is 18.3 Å². The Balaban J connectivity index is 2.69. The number of hydrogen-bond donors (Lipinski definition) is 0. The van der Waals surface area contributed by atoms with Gasteiger partial charge in [0.1, 0.15) is 5.78 Å². The highest BCUT2D eigenvalue weighted by atomic mass is 16.1. The van der Waals surface area contributed by atoms with Gasteiger partial charge in [-0.05, 0) is 12.8 Å². The second-order valence-corrected chi connectivity index (χ2v) is 4.05. The molecule has 1 aromatic rings. The highest BCUT2D eigenvalue weighted by molar-refractivity contribution is 5.78. The highest BCUT2D eigenvalue weighted by Crippen LogP contribution is 2.16. The van der Waals surface area contributed by atoms with Crippen LogP contribution in [0, 0.1) is 11.8 Å². The number of nitrogens with zero attached hydrogens (tertiary/aromatic N) is 3. The molecule has 0 aliphatic heterocycles. The lowest BCUT2D eigenvalue weighted by Gasteiger charge is -2.15. The number of hydrogen-bond acceptors (Lipinski definition) is 3. The van der Waals surface area contributed by atoms with E-state index in [1.165, 1.54) is 0 Å². The number of ketones is 1. The predicted octanol–water partition coefficient (Wildman–Crippen LogP) is 1.22. The lowest BCUT2D eigenvalue weighted by molar-refractivity contribution is -0.121. The van der Waals surface area contributed by atoms with Crippen molar-refractivity contribution in [3.8, 4) is 0 Å². The Morgan fingerprint density at radius 3 is 2.57 bits per heavy atom. The van der Waals surface area contributed by atoms with Crippen molar-refractivity contribution in [2.75, 3.05) is 0 Å². The van der Waals surface area contributed by atoms with Crippen LogP contribution in [0.15, 0.2) is 6.20 Å². The zero-order chi connectivity index (χ0) is 10.7. The molecule has 0 bridgehead atoms. The molecule has 4 heteroatoms. The maximum Gasteiger partial charge on any atom is 0.133 e. The molecule has 0 radical (unpaired) electrons. The summed E-state index contributed by atoms with van der Waals surface area (Å²) in [5.41, 5.74) is 0.890. The van der Waals surface area contributed by atoms with E-state index in [4.69, 9.17) is 0 Å². The average molecular weight is 195 g/mol. The van der Waals surface area contributed by atoms with Gasteiger partial charge in [0.15, 0.2) is 0 Å². The van der Waals surface area contributed by atoms with Crippen molar-refractivity contribution in [3.63, 3.8) is 0 Å². The fourth-order valence-corrected chi connectivity index (χ4v) is 1.56. The Labute approximate surface area is 84.3 Å². The van der Waals surface area contributed by atoms with Crippen LogP contribution >= 0.6 is 0 Å². The van der Waals surface area contributed by atoms with Crippen LogP contribution in [-0.4, -0.2) is 20.8 Å². The molecule has 0 N–H and O–H groups in total. The number of Topliss-reactive ketones (excluding diaryl/α,β-unsaturated/α-hetero) is 1. The molecule has 0 aliphatic rings. The summed E-state index contributed by atoms with van der Waals surface area (Å²) in [6, 6.07) is 0. The Hall–Kier alpha value is -1.19. The first-order valence-corrected chi connectivity index (χ1v) is 4.86. The first kappa shape index (κ1) is 10.9. The second kappa shape index (κ2) is 4.35. The lowest BCUT2D eigenvalue weighted by Crippen LogP contribution is -2.20. The van der Waals surface area contributed by atoms with Crippen molar-refractivity contribution < 1.29 is 4.79 Å². The van der Waals surface area contributed by atoms with Crippen LogP contribution in [0.25, 0.3) is 0 Å². The van der Waals surface area contributed by atoms with Crippen LogP contribution in [0.4, 0.5) is 0 Å². The van der Waals surface area contributed by atoms with Crippen LogP contribution in [0.3, 0.4) is 0 Å². The van der Waals surface area contributed by atoms with E-state index in [1.54, 1.807) is 11.6 Å². The molecule has 0 spiro atoms. The molecule has 1 rings (SSSR count). The number of aromatic nitrogens is 3. The van der Waals surface area contributed by atoms with Gasteiger partial charge in [-0.25, -0.2) is 0 Å². The normalized spacial score (nSPS) is 13.2. The third-order valence-electron chi connectivity index (χ3n) is 2.41. The largest absolute Gasteiger partial charge is 0.300 e. The minimum absolute atomic E-state index is 0.0618. The Morgan fingerprint density at radius 2 is 2.21 bits per heavy atom. The van der Waals surface area contributed by atoms with Crippen LogP contribution < -0.4 is 0 Å². The molecule has 0 fully saturated rings. The number of rotatable bonds is 4. The quantitative estimate of drug-likeness (QED) is 0.725. The van der Waals surface area contributed by atoms with Crippen molar-refractivity contribution in [2.45, 2.75) is 27.2 Å². The van der Waals surface area contributed by atoms with E-state index in [9.17, 15) is 4.79 Å². The van der Waals surface area contributed by atoms with E-state index in [1.807, 2.05) is 13.2 Å². The third-order valence-corrected chi connectivity index (χ3v) is 2.41. The summed E-state index contributed by atoms with van der Waals surface area (Å²) < 4.78 is 1.66. The molecular formula is C10H17N3O. The van der Waals surface area contributed by atoms with Crippen molar-refractivity contribution in [1.29, 1.82) is 0 Å². The first-order valence-electron chi connectivity index (χ1n) is 4.86. The van der Waals surface area contributed by atoms with Gasteiger partial charge < -0.3 is 0 Å². The van der Waals surface area contributed by atoms with Crippen LogP contribution in [0.5, 0.6) is 0 Å². The molecule has 78 valence electrons. The molecule has 1 unspecified atom stereocenters. The first-order chi connectivity index (χ1) is 6.50. The van der Waals surface area contributed by atoms with Gasteiger partial charge in [-0.1, -0.05) is 19.1 Å². The van der Waals surface area contributed by atoms with Gasteiger partial charge in [0.25, 0.3) is 0 Å². The van der Waals surface area contributed by atoms with Crippen LogP contribution in [0.1, 0.15) is 26.5 Å². The zero-order valence-corrected chi connectivity index (χ0v) is 9.19. The third kappa shape index (κ3) is 2.65. The molecule has 4 nitrogen and oxygen atoms in total.